The number of guanidine groups is 1. The van der Waals surface area contributed by atoms with E-state index in [0.717, 1.165) is 45.4 Å². The van der Waals surface area contributed by atoms with Gasteiger partial charge in [0.1, 0.15) is 0 Å². The Labute approximate surface area is 185 Å². The number of hydrogen-bond acceptors (Lipinski definition) is 3. The molecule has 28 heavy (non-hydrogen) atoms. The number of anilines is 1. The lowest BCUT2D eigenvalue weighted by atomic mass is 10.0. The van der Waals surface area contributed by atoms with E-state index in [2.05, 4.69) is 82.0 Å². The predicted octanol–water partition coefficient (Wildman–Crippen LogP) is 3.61. The van der Waals surface area contributed by atoms with Crippen molar-refractivity contribution < 1.29 is 4.74 Å². The first-order valence-electron chi connectivity index (χ1n) is 9.67. The van der Waals surface area contributed by atoms with Crippen molar-refractivity contribution >= 4 is 35.6 Å². The van der Waals surface area contributed by atoms with E-state index in [1.54, 1.807) is 0 Å². The van der Waals surface area contributed by atoms with Crippen LogP contribution in [0.5, 0.6) is 0 Å². The van der Waals surface area contributed by atoms with Crippen LogP contribution in [0.15, 0.2) is 59.6 Å². The number of morpholine rings is 1. The first-order valence-corrected chi connectivity index (χ1v) is 9.67. The van der Waals surface area contributed by atoms with Gasteiger partial charge in [-0.2, -0.15) is 0 Å². The summed E-state index contributed by atoms with van der Waals surface area (Å²) in [6.45, 7) is 7.38. The highest BCUT2D eigenvalue weighted by Gasteiger charge is 2.11. The van der Waals surface area contributed by atoms with Crippen LogP contribution < -0.4 is 15.5 Å². The zero-order valence-corrected chi connectivity index (χ0v) is 19.1. The molecule has 2 aromatic rings. The monoisotopic (exact) mass is 494 g/mol. The Morgan fingerprint density at radius 3 is 2.36 bits per heavy atom. The van der Waals surface area contributed by atoms with E-state index >= 15 is 0 Å². The van der Waals surface area contributed by atoms with Crippen molar-refractivity contribution in [1.29, 1.82) is 0 Å². The Morgan fingerprint density at radius 1 is 1.04 bits per heavy atom. The fourth-order valence-corrected chi connectivity index (χ4v) is 3.20. The van der Waals surface area contributed by atoms with Crippen molar-refractivity contribution in [1.82, 2.24) is 10.6 Å². The van der Waals surface area contributed by atoms with Gasteiger partial charge in [0.05, 0.1) is 13.2 Å². The van der Waals surface area contributed by atoms with E-state index in [0.29, 0.717) is 5.92 Å². The molecule has 0 saturated carbocycles. The quantitative estimate of drug-likeness (QED) is 0.366. The van der Waals surface area contributed by atoms with Gasteiger partial charge in [-0.05, 0) is 29.2 Å². The standard InChI is InChI=1S/C22H30N4O.HI/c1-18(20-6-4-3-5-7-20)16-24-22(23-2)25-17-19-8-10-21(11-9-19)26-12-14-27-15-13-26;/h3-11,18H,12-17H2,1-2H3,(H2,23,24,25);1H. The van der Waals surface area contributed by atoms with Crippen molar-refractivity contribution in [2.24, 2.45) is 4.99 Å². The van der Waals surface area contributed by atoms with Crippen LogP contribution in [0.2, 0.25) is 0 Å². The number of halogens is 1. The van der Waals surface area contributed by atoms with Crippen molar-refractivity contribution in [2.45, 2.75) is 19.4 Å². The maximum atomic E-state index is 5.42. The molecule has 5 nitrogen and oxygen atoms in total. The summed E-state index contributed by atoms with van der Waals surface area (Å²) in [5.41, 5.74) is 3.84. The van der Waals surface area contributed by atoms with Crippen LogP contribution in [-0.2, 0) is 11.3 Å². The van der Waals surface area contributed by atoms with Crippen LogP contribution >= 0.6 is 24.0 Å². The molecule has 2 aromatic carbocycles. The number of benzene rings is 2. The zero-order chi connectivity index (χ0) is 18.9. The molecule has 0 bridgehead atoms. The minimum Gasteiger partial charge on any atom is -0.378 e. The van der Waals surface area contributed by atoms with Crippen molar-refractivity contribution in [2.75, 3.05) is 44.8 Å². The molecule has 152 valence electrons. The summed E-state index contributed by atoms with van der Waals surface area (Å²) in [5, 5.41) is 6.81. The van der Waals surface area contributed by atoms with Crippen LogP contribution in [0.1, 0.15) is 24.0 Å². The third-order valence-electron chi connectivity index (χ3n) is 4.94. The second kappa shape index (κ2) is 11.9. The summed E-state index contributed by atoms with van der Waals surface area (Å²) in [6.07, 6.45) is 0. The van der Waals surface area contributed by atoms with E-state index in [1.165, 1.54) is 16.8 Å². The second-order valence-electron chi connectivity index (χ2n) is 6.88. The van der Waals surface area contributed by atoms with Crippen LogP contribution in [0.3, 0.4) is 0 Å². The first-order chi connectivity index (χ1) is 13.3. The smallest absolute Gasteiger partial charge is 0.191 e. The highest BCUT2D eigenvalue weighted by molar-refractivity contribution is 14.0. The summed E-state index contributed by atoms with van der Waals surface area (Å²) < 4.78 is 5.42. The number of rotatable bonds is 6. The van der Waals surface area contributed by atoms with Gasteiger partial charge >= 0.3 is 0 Å². The lowest BCUT2D eigenvalue weighted by molar-refractivity contribution is 0.122. The first kappa shape index (κ1) is 22.5. The minimum absolute atomic E-state index is 0. The van der Waals surface area contributed by atoms with Crippen LogP contribution in [0, 0.1) is 0 Å². The van der Waals surface area contributed by atoms with Gasteiger partial charge in [0, 0.05) is 38.9 Å². The largest absolute Gasteiger partial charge is 0.378 e. The molecule has 1 heterocycles. The molecule has 1 fully saturated rings. The van der Waals surface area contributed by atoms with Gasteiger partial charge in [-0.15, -0.1) is 24.0 Å². The molecule has 0 amide bonds. The molecule has 1 unspecified atom stereocenters. The van der Waals surface area contributed by atoms with Crippen molar-refractivity contribution in [3.8, 4) is 0 Å². The molecule has 1 atom stereocenters. The molecule has 0 aromatic heterocycles. The van der Waals surface area contributed by atoms with E-state index in [4.69, 9.17) is 4.74 Å². The lowest BCUT2D eigenvalue weighted by Gasteiger charge is -2.29. The average Bonchev–Trinajstić information content (AvgIpc) is 2.75. The lowest BCUT2D eigenvalue weighted by Crippen LogP contribution is -2.38. The van der Waals surface area contributed by atoms with Gasteiger partial charge in [0.15, 0.2) is 5.96 Å². The molecule has 2 N–H and O–H groups in total. The molecule has 1 saturated heterocycles. The third-order valence-corrected chi connectivity index (χ3v) is 4.94. The Bertz CT molecular complexity index is 715. The van der Waals surface area contributed by atoms with Gasteiger partial charge in [-0.25, -0.2) is 0 Å². The molecule has 1 aliphatic heterocycles. The maximum Gasteiger partial charge on any atom is 0.191 e. The Hall–Kier alpha value is -1.80. The molecular formula is C22H31IN4O. The third kappa shape index (κ3) is 6.67. The number of nitrogens with zero attached hydrogens (tertiary/aromatic N) is 2. The topological polar surface area (TPSA) is 48.9 Å². The highest BCUT2D eigenvalue weighted by atomic mass is 127. The van der Waals surface area contributed by atoms with Crippen molar-refractivity contribution in [3.63, 3.8) is 0 Å². The summed E-state index contributed by atoms with van der Waals surface area (Å²) >= 11 is 0. The number of nitrogens with one attached hydrogen (secondary N) is 2. The molecule has 0 spiro atoms. The van der Waals surface area contributed by atoms with Gasteiger partial charge in [-0.1, -0.05) is 49.4 Å². The Kier molecular flexibility index (Phi) is 9.57. The molecular weight excluding hydrogens is 463 g/mol. The fraction of sp³-hybridized carbons (Fsp3) is 0.409. The van der Waals surface area contributed by atoms with Crippen molar-refractivity contribution in [3.05, 3.63) is 65.7 Å². The van der Waals surface area contributed by atoms with E-state index < -0.39 is 0 Å². The van der Waals surface area contributed by atoms with Gasteiger partial charge in [0.2, 0.25) is 0 Å². The normalized spacial score (nSPS) is 15.5. The van der Waals surface area contributed by atoms with Gasteiger partial charge in [0.25, 0.3) is 0 Å². The average molecular weight is 494 g/mol. The Morgan fingerprint density at radius 2 is 1.71 bits per heavy atom. The summed E-state index contributed by atoms with van der Waals surface area (Å²) in [7, 11) is 1.81. The molecule has 1 aliphatic rings. The van der Waals surface area contributed by atoms with E-state index in [-0.39, 0.29) is 24.0 Å². The fourth-order valence-electron chi connectivity index (χ4n) is 3.20. The number of aliphatic imine (C=N–C) groups is 1. The summed E-state index contributed by atoms with van der Waals surface area (Å²) in [4.78, 5) is 6.70. The summed E-state index contributed by atoms with van der Waals surface area (Å²) in [5.74, 6) is 1.26. The van der Waals surface area contributed by atoms with Gasteiger partial charge in [-0.3, -0.25) is 4.99 Å². The molecule has 3 rings (SSSR count). The molecule has 0 radical (unpaired) electrons. The van der Waals surface area contributed by atoms with E-state index in [1.807, 2.05) is 7.05 Å². The number of ether oxygens (including phenoxy) is 1. The second-order valence-corrected chi connectivity index (χ2v) is 6.88. The van der Waals surface area contributed by atoms with E-state index in [9.17, 15) is 0 Å². The minimum atomic E-state index is 0. The van der Waals surface area contributed by atoms with Crippen LogP contribution in [0.25, 0.3) is 0 Å². The van der Waals surface area contributed by atoms with Gasteiger partial charge < -0.3 is 20.3 Å². The number of hydrogen-bond donors (Lipinski definition) is 2. The SMILES string of the molecule is CN=C(NCc1ccc(N2CCOCC2)cc1)NCC(C)c1ccccc1.I. The molecule has 6 heteroatoms. The zero-order valence-electron chi connectivity index (χ0n) is 16.7. The Balaban J connectivity index is 0.00000280. The van der Waals surface area contributed by atoms with Crippen LogP contribution in [-0.4, -0.2) is 45.9 Å². The summed E-state index contributed by atoms with van der Waals surface area (Å²) in [6, 6.07) is 19.3. The predicted molar refractivity (Wildman–Crippen MR) is 128 cm³/mol. The highest BCUT2D eigenvalue weighted by Crippen LogP contribution is 2.16. The van der Waals surface area contributed by atoms with Crippen LogP contribution in [0.4, 0.5) is 5.69 Å². The molecule has 0 aliphatic carbocycles. The maximum absolute atomic E-state index is 5.42.